The predicted molar refractivity (Wildman–Crippen MR) is 69.2 cm³/mol. The monoisotopic (exact) mass is 256 g/mol. The Kier molecular flexibility index (Phi) is 6.12. The van der Waals surface area contributed by atoms with Gasteiger partial charge in [-0.3, -0.25) is 9.59 Å². The Bertz CT molecular complexity index is 294. The molecule has 0 radical (unpaired) electrons. The van der Waals surface area contributed by atoms with Crippen molar-refractivity contribution >= 4 is 11.9 Å². The number of methoxy groups -OCH3 is 1. The number of ether oxygens (including phenoxy) is 1. The average Bonchev–Trinajstić information content (AvgIpc) is 2.37. The quantitative estimate of drug-likeness (QED) is 0.685. The first-order valence-electron chi connectivity index (χ1n) is 6.55. The lowest BCUT2D eigenvalue weighted by atomic mass is 10.0. The van der Waals surface area contributed by atoms with Gasteiger partial charge in [-0.2, -0.15) is 0 Å². The molecule has 0 saturated carbocycles. The predicted octanol–water partition coefficient (Wildman–Crippen LogP) is 0.882. The summed E-state index contributed by atoms with van der Waals surface area (Å²) in [6.45, 7) is 2.06. The fraction of sp³-hybridized carbons (Fsp3) is 0.846. The number of hydrogen-bond donors (Lipinski definition) is 0. The zero-order valence-corrected chi connectivity index (χ0v) is 11.6. The lowest BCUT2D eigenvalue weighted by molar-refractivity contribution is -0.141. The maximum Gasteiger partial charge on any atom is 0.305 e. The summed E-state index contributed by atoms with van der Waals surface area (Å²) in [6, 6.07) is 0.314. The molecule has 0 spiro atoms. The van der Waals surface area contributed by atoms with Gasteiger partial charge < -0.3 is 14.5 Å². The minimum absolute atomic E-state index is 0.124. The first-order valence-corrected chi connectivity index (χ1v) is 6.55. The van der Waals surface area contributed by atoms with Crippen molar-refractivity contribution in [3.63, 3.8) is 0 Å². The molecule has 104 valence electrons. The van der Waals surface area contributed by atoms with Crippen molar-refractivity contribution in [3.05, 3.63) is 0 Å². The lowest BCUT2D eigenvalue weighted by Gasteiger charge is -2.35. The van der Waals surface area contributed by atoms with Crippen LogP contribution in [0.2, 0.25) is 0 Å². The van der Waals surface area contributed by atoms with Crippen molar-refractivity contribution in [2.24, 2.45) is 0 Å². The molecule has 1 rings (SSSR count). The first kappa shape index (κ1) is 15.0. The molecule has 1 amide bonds. The number of hydrogen-bond acceptors (Lipinski definition) is 4. The molecule has 0 aromatic carbocycles. The second kappa shape index (κ2) is 7.36. The molecular weight excluding hydrogens is 232 g/mol. The van der Waals surface area contributed by atoms with E-state index in [0.29, 0.717) is 25.3 Å². The van der Waals surface area contributed by atoms with E-state index < -0.39 is 0 Å². The Labute approximate surface area is 109 Å². The van der Waals surface area contributed by atoms with E-state index in [2.05, 4.69) is 16.7 Å². The number of piperidine rings is 1. The van der Waals surface area contributed by atoms with Crippen LogP contribution in [-0.4, -0.2) is 62.0 Å². The molecule has 1 atom stereocenters. The highest BCUT2D eigenvalue weighted by Gasteiger charge is 2.24. The first-order chi connectivity index (χ1) is 8.54. The van der Waals surface area contributed by atoms with Gasteiger partial charge in [-0.05, 0) is 32.9 Å². The largest absolute Gasteiger partial charge is 0.469 e. The van der Waals surface area contributed by atoms with Gasteiger partial charge in [0.2, 0.25) is 5.91 Å². The summed E-state index contributed by atoms with van der Waals surface area (Å²) < 4.78 is 4.55. The van der Waals surface area contributed by atoms with Crippen LogP contribution in [-0.2, 0) is 14.3 Å². The Balaban J connectivity index is 2.29. The van der Waals surface area contributed by atoms with Gasteiger partial charge in [0.1, 0.15) is 0 Å². The molecule has 0 aromatic heterocycles. The van der Waals surface area contributed by atoms with Crippen LogP contribution in [0.4, 0.5) is 0 Å². The van der Waals surface area contributed by atoms with E-state index in [1.165, 1.54) is 7.11 Å². The normalized spacial score (nSPS) is 20.5. The summed E-state index contributed by atoms with van der Waals surface area (Å²) in [4.78, 5) is 27.0. The fourth-order valence-corrected chi connectivity index (χ4v) is 2.32. The van der Waals surface area contributed by atoms with Crippen LogP contribution in [0.3, 0.4) is 0 Å². The molecule has 1 fully saturated rings. The molecule has 0 bridgehead atoms. The molecule has 1 aliphatic heterocycles. The molecule has 0 aromatic rings. The minimum atomic E-state index is -0.247. The summed E-state index contributed by atoms with van der Waals surface area (Å²) in [5, 5.41) is 0. The zero-order valence-electron chi connectivity index (χ0n) is 11.6. The Morgan fingerprint density at radius 3 is 2.72 bits per heavy atom. The van der Waals surface area contributed by atoms with E-state index in [1.807, 2.05) is 11.9 Å². The third-order valence-corrected chi connectivity index (χ3v) is 3.54. The molecule has 0 unspecified atom stereocenters. The lowest BCUT2D eigenvalue weighted by Crippen LogP contribution is -2.47. The summed E-state index contributed by atoms with van der Waals surface area (Å²) in [7, 11) is 5.32. The van der Waals surface area contributed by atoms with Crippen molar-refractivity contribution in [2.75, 3.05) is 34.3 Å². The molecule has 0 aliphatic carbocycles. The molecule has 0 N–H and O–H groups in total. The maximum atomic E-state index is 12.0. The second-order valence-corrected chi connectivity index (χ2v) is 4.99. The number of likely N-dealkylation sites (N-methyl/N-ethyl adjacent to an activating group) is 2. The molecule has 18 heavy (non-hydrogen) atoms. The van der Waals surface area contributed by atoms with Crippen molar-refractivity contribution in [3.8, 4) is 0 Å². The molecule has 5 nitrogen and oxygen atoms in total. The van der Waals surface area contributed by atoms with Crippen molar-refractivity contribution in [2.45, 2.75) is 38.1 Å². The van der Waals surface area contributed by atoms with Crippen LogP contribution >= 0.6 is 0 Å². The number of likely N-dealkylation sites (tertiary alicyclic amines) is 1. The Morgan fingerprint density at radius 1 is 1.39 bits per heavy atom. The summed E-state index contributed by atoms with van der Waals surface area (Å²) in [6.07, 6.45) is 3.52. The van der Waals surface area contributed by atoms with E-state index in [1.54, 1.807) is 0 Å². The zero-order chi connectivity index (χ0) is 13.5. The third kappa shape index (κ3) is 4.64. The average molecular weight is 256 g/mol. The SMILES string of the molecule is COC(=O)CCCC(=O)N(C)[C@H]1CCCN(C)C1. The topological polar surface area (TPSA) is 49.9 Å². The van der Waals surface area contributed by atoms with Gasteiger partial charge in [0, 0.05) is 32.5 Å². The number of carbonyl (C=O) groups is 2. The Morgan fingerprint density at radius 2 is 2.11 bits per heavy atom. The van der Waals surface area contributed by atoms with Crippen molar-refractivity contribution < 1.29 is 14.3 Å². The molecule has 1 heterocycles. The van der Waals surface area contributed by atoms with Crippen LogP contribution in [0.1, 0.15) is 32.1 Å². The number of amides is 1. The van der Waals surface area contributed by atoms with E-state index >= 15 is 0 Å². The van der Waals surface area contributed by atoms with Gasteiger partial charge in [0.25, 0.3) is 0 Å². The van der Waals surface area contributed by atoms with E-state index in [9.17, 15) is 9.59 Å². The van der Waals surface area contributed by atoms with Crippen LogP contribution in [0.25, 0.3) is 0 Å². The van der Waals surface area contributed by atoms with Gasteiger partial charge in [-0.25, -0.2) is 0 Å². The van der Waals surface area contributed by atoms with Crippen molar-refractivity contribution in [1.82, 2.24) is 9.80 Å². The maximum absolute atomic E-state index is 12.0. The highest BCUT2D eigenvalue weighted by atomic mass is 16.5. The molecule has 5 heteroatoms. The van der Waals surface area contributed by atoms with Crippen LogP contribution in [0.15, 0.2) is 0 Å². The van der Waals surface area contributed by atoms with Gasteiger partial charge in [-0.1, -0.05) is 0 Å². The standard InChI is InChI=1S/C13H24N2O3/c1-14-9-5-6-11(10-14)15(2)12(16)7-4-8-13(17)18-3/h11H,4-10H2,1-3H3/t11-/m0/s1. The third-order valence-electron chi connectivity index (χ3n) is 3.54. The minimum Gasteiger partial charge on any atom is -0.469 e. The highest BCUT2D eigenvalue weighted by molar-refractivity contribution is 5.77. The number of carbonyl (C=O) groups excluding carboxylic acids is 2. The van der Waals surface area contributed by atoms with E-state index in [0.717, 1.165) is 25.9 Å². The van der Waals surface area contributed by atoms with Gasteiger partial charge in [-0.15, -0.1) is 0 Å². The number of nitrogens with zero attached hydrogens (tertiary/aromatic N) is 2. The second-order valence-electron chi connectivity index (χ2n) is 4.99. The van der Waals surface area contributed by atoms with Crippen LogP contribution in [0.5, 0.6) is 0 Å². The highest BCUT2D eigenvalue weighted by Crippen LogP contribution is 2.14. The van der Waals surface area contributed by atoms with Crippen LogP contribution < -0.4 is 0 Å². The number of esters is 1. The molecular formula is C13H24N2O3. The van der Waals surface area contributed by atoms with E-state index in [-0.39, 0.29) is 11.9 Å². The number of rotatable bonds is 5. The molecule has 1 saturated heterocycles. The summed E-state index contributed by atoms with van der Waals surface area (Å²) in [5.74, 6) is -0.123. The van der Waals surface area contributed by atoms with E-state index in [4.69, 9.17) is 0 Å². The van der Waals surface area contributed by atoms with Gasteiger partial charge in [0.15, 0.2) is 0 Å². The fourth-order valence-electron chi connectivity index (χ4n) is 2.32. The van der Waals surface area contributed by atoms with Crippen molar-refractivity contribution in [1.29, 1.82) is 0 Å². The summed E-state index contributed by atoms with van der Waals surface area (Å²) >= 11 is 0. The Hall–Kier alpha value is -1.10. The van der Waals surface area contributed by atoms with Crippen LogP contribution in [0, 0.1) is 0 Å². The van der Waals surface area contributed by atoms with Gasteiger partial charge in [0.05, 0.1) is 7.11 Å². The summed E-state index contributed by atoms with van der Waals surface area (Å²) in [5.41, 5.74) is 0. The van der Waals surface area contributed by atoms with Gasteiger partial charge >= 0.3 is 5.97 Å². The smallest absolute Gasteiger partial charge is 0.305 e. The molecule has 1 aliphatic rings.